The molecular formula is C20H9BrF3N3O. The van der Waals surface area contributed by atoms with Crippen LogP contribution >= 0.6 is 15.9 Å². The van der Waals surface area contributed by atoms with E-state index in [1.54, 1.807) is 24.3 Å². The summed E-state index contributed by atoms with van der Waals surface area (Å²) in [5.74, 6) is -3.22. The van der Waals surface area contributed by atoms with Gasteiger partial charge in [-0.25, -0.2) is 18.2 Å². The highest BCUT2D eigenvalue weighted by atomic mass is 79.9. The lowest BCUT2D eigenvalue weighted by Gasteiger charge is -2.05. The molecule has 0 bridgehead atoms. The second-order valence-electron chi connectivity index (χ2n) is 6.34. The van der Waals surface area contributed by atoms with Gasteiger partial charge in [-0.15, -0.1) is 0 Å². The molecule has 0 amide bonds. The normalized spacial score (nSPS) is 11.7. The molecule has 0 radical (unpaired) electrons. The molecule has 0 spiro atoms. The summed E-state index contributed by atoms with van der Waals surface area (Å²) >= 11 is 3.40. The monoisotopic (exact) mass is 443 g/mol. The molecular weight excluding hydrogens is 435 g/mol. The number of fused-ring (bicyclic) bond motifs is 6. The van der Waals surface area contributed by atoms with E-state index in [1.807, 2.05) is 0 Å². The van der Waals surface area contributed by atoms with Crippen molar-refractivity contribution in [3.05, 3.63) is 74.9 Å². The van der Waals surface area contributed by atoms with Gasteiger partial charge in [-0.2, -0.15) is 0 Å². The summed E-state index contributed by atoms with van der Waals surface area (Å²) in [6.45, 7) is 0. The number of rotatable bonds is 1. The number of halogens is 4. The number of pyridine rings is 1. The zero-order valence-corrected chi connectivity index (χ0v) is 15.5. The van der Waals surface area contributed by atoms with E-state index in [1.165, 1.54) is 6.20 Å². The highest BCUT2D eigenvalue weighted by Crippen LogP contribution is 2.36. The Balaban J connectivity index is 1.99. The SMILES string of the molecule is O=c1[nH]ccc2c3nc(-c4c(F)cc(F)cc4F)[nH]c3c3ccc(Br)cc3c12. The molecule has 28 heavy (non-hydrogen) atoms. The fraction of sp³-hybridized carbons (Fsp3) is 0. The summed E-state index contributed by atoms with van der Waals surface area (Å²) in [7, 11) is 0. The number of nitrogens with zero attached hydrogens (tertiary/aromatic N) is 1. The number of H-pyrrole nitrogens is 2. The summed E-state index contributed by atoms with van der Waals surface area (Å²) in [5, 5.41) is 2.29. The van der Waals surface area contributed by atoms with E-state index in [0.29, 0.717) is 44.7 Å². The van der Waals surface area contributed by atoms with Crippen LogP contribution in [0.25, 0.3) is 44.0 Å². The van der Waals surface area contributed by atoms with Gasteiger partial charge in [-0.05, 0) is 23.6 Å². The Hall–Kier alpha value is -3.13. The van der Waals surface area contributed by atoms with E-state index >= 15 is 0 Å². The van der Waals surface area contributed by atoms with Gasteiger partial charge >= 0.3 is 0 Å². The molecule has 2 N–H and O–H groups in total. The lowest BCUT2D eigenvalue weighted by atomic mass is 10.0. The summed E-state index contributed by atoms with van der Waals surface area (Å²) in [4.78, 5) is 22.4. The van der Waals surface area contributed by atoms with Gasteiger partial charge in [0.2, 0.25) is 0 Å². The molecule has 0 atom stereocenters. The Kier molecular flexibility index (Phi) is 3.60. The van der Waals surface area contributed by atoms with Gasteiger partial charge in [0.1, 0.15) is 23.3 Å². The fourth-order valence-electron chi connectivity index (χ4n) is 3.53. The summed E-state index contributed by atoms with van der Waals surface area (Å²) in [5.41, 5.74) is 0.166. The van der Waals surface area contributed by atoms with Crippen LogP contribution in [-0.4, -0.2) is 15.0 Å². The first-order valence-electron chi connectivity index (χ1n) is 8.21. The smallest absolute Gasteiger partial charge is 0.256 e. The van der Waals surface area contributed by atoms with Crippen LogP contribution in [0, 0.1) is 17.5 Å². The van der Waals surface area contributed by atoms with Gasteiger partial charge in [0.15, 0.2) is 0 Å². The fourth-order valence-corrected chi connectivity index (χ4v) is 3.90. The largest absolute Gasteiger partial charge is 0.337 e. The van der Waals surface area contributed by atoms with Gasteiger partial charge in [0.25, 0.3) is 5.56 Å². The average molecular weight is 444 g/mol. The molecule has 138 valence electrons. The lowest BCUT2D eigenvalue weighted by Crippen LogP contribution is -2.05. The molecule has 0 saturated carbocycles. The zero-order chi connectivity index (χ0) is 19.6. The van der Waals surface area contributed by atoms with Crippen molar-refractivity contribution in [1.82, 2.24) is 15.0 Å². The van der Waals surface area contributed by atoms with E-state index in [9.17, 15) is 18.0 Å². The Morgan fingerprint density at radius 2 is 1.68 bits per heavy atom. The number of hydrogen-bond donors (Lipinski definition) is 2. The van der Waals surface area contributed by atoms with Crippen molar-refractivity contribution < 1.29 is 13.2 Å². The molecule has 0 aliphatic rings. The molecule has 3 aromatic carbocycles. The summed E-state index contributed by atoms with van der Waals surface area (Å²) < 4.78 is 42.6. The van der Waals surface area contributed by atoms with Gasteiger partial charge in [-0.1, -0.05) is 22.0 Å². The first-order valence-corrected chi connectivity index (χ1v) is 9.00. The van der Waals surface area contributed by atoms with E-state index in [-0.39, 0.29) is 11.4 Å². The van der Waals surface area contributed by atoms with E-state index in [2.05, 4.69) is 30.9 Å². The third-order valence-electron chi connectivity index (χ3n) is 4.68. The third-order valence-corrected chi connectivity index (χ3v) is 5.18. The third kappa shape index (κ3) is 2.37. The Labute approximate surface area is 163 Å². The van der Waals surface area contributed by atoms with E-state index < -0.39 is 23.0 Å². The van der Waals surface area contributed by atoms with Crippen molar-refractivity contribution in [2.24, 2.45) is 0 Å². The molecule has 4 nitrogen and oxygen atoms in total. The van der Waals surface area contributed by atoms with Crippen LogP contribution < -0.4 is 5.56 Å². The first-order chi connectivity index (χ1) is 13.4. The number of imidazole rings is 1. The molecule has 2 aromatic heterocycles. The van der Waals surface area contributed by atoms with Crippen molar-refractivity contribution in [3.63, 3.8) is 0 Å². The summed E-state index contributed by atoms with van der Waals surface area (Å²) in [6.07, 6.45) is 1.49. The van der Waals surface area contributed by atoms with Crippen LogP contribution in [0.15, 0.2) is 51.9 Å². The van der Waals surface area contributed by atoms with Crippen LogP contribution in [0.2, 0.25) is 0 Å². The van der Waals surface area contributed by atoms with E-state index in [0.717, 1.165) is 4.47 Å². The standard InChI is InChI=1S/C20H9BrF3N3O/c21-8-1-2-10-12(5-8)15-11(3-4-25-20(15)28)18-17(10)26-19(27-18)16-13(23)6-9(22)7-14(16)24/h1-7H,(H,25,28)(H,26,27). The predicted molar refractivity (Wildman–Crippen MR) is 105 cm³/mol. The lowest BCUT2D eigenvalue weighted by molar-refractivity contribution is 0.547. The van der Waals surface area contributed by atoms with Crippen molar-refractivity contribution >= 4 is 48.5 Å². The minimum atomic E-state index is -1.06. The van der Waals surface area contributed by atoms with Crippen LogP contribution in [0.3, 0.4) is 0 Å². The van der Waals surface area contributed by atoms with Crippen molar-refractivity contribution in [3.8, 4) is 11.4 Å². The number of benzene rings is 3. The maximum atomic E-state index is 14.3. The molecule has 8 heteroatoms. The molecule has 0 aliphatic carbocycles. The molecule has 5 aromatic rings. The molecule has 0 unspecified atom stereocenters. The molecule has 5 rings (SSSR count). The molecule has 0 fully saturated rings. The second-order valence-corrected chi connectivity index (χ2v) is 7.25. The van der Waals surface area contributed by atoms with Crippen molar-refractivity contribution in [1.29, 1.82) is 0 Å². The van der Waals surface area contributed by atoms with Gasteiger partial charge in [0, 0.05) is 33.6 Å². The molecule has 0 aliphatic heterocycles. The van der Waals surface area contributed by atoms with E-state index in [4.69, 9.17) is 0 Å². The highest BCUT2D eigenvalue weighted by molar-refractivity contribution is 9.10. The maximum Gasteiger partial charge on any atom is 0.256 e. The Bertz CT molecular complexity index is 1470. The Morgan fingerprint density at radius 1 is 0.929 bits per heavy atom. The quantitative estimate of drug-likeness (QED) is 0.340. The molecule has 2 heterocycles. The molecule has 0 saturated heterocycles. The van der Waals surface area contributed by atoms with Crippen LogP contribution in [0.1, 0.15) is 0 Å². The minimum absolute atomic E-state index is 0.0815. The highest BCUT2D eigenvalue weighted by Gasteiger charge is 2.20. The van der Waals surface area contributed by atoms with Gasteiger partial charge in [0.05, 0.1) is 22.0 Å². The number of hydrogen-bond acceptors (Lipinski definition) is 2. The maximum absolute atomic E-state index is 14.3. The average Bonchev–Trinajstić information content (AvgIpc) is 3.05. The minimum Gasteiger partial charge on any atom is -0.337 e. The predicted octanol–water partition coefficient (Wildman–Crippen LogP) is 5.40. The summed E-state index contributed by atoms with van der Waals surface area (Å²) in [6, 6.07) is 8.26. The second kappa shape index (κ2) is 5.93. The van der Waals surface area contributed by atoms with Crippen LogP contribution in [0.5, 0.6) is 0 Å². The number of aromatic amines is 2. The van der Waals surface area contributed by atoms with Gasteiger partial charge < -0.3 is 9.97 Å². The van der Waals surface area contributed by atoms with Crippen LogP contribution in [0.4, 0.5) is 13.2 Å². The van der Waals surface area contributed by atoms with Crippen LogP contribution in [-0.2, 0) is 0 Å². The van der Waals surface area contributed by atoms with Gasteiger partial charge in [-0.3, -0.25) is 4.79 Å². The van der Waals surface area contributed by atoms with Crippen molar-refractivity contribution in [2.75, 3.05) is 0 Å². The topological polar surface area (TPSA) is 61.5 Å². The van der Waals surface area contributed by atoms with Crippen molar-refractivity contribution in [2.45, 2.75) is 0 Å². The zero-order valence-electron chi connectivity index (χ0n) is 13.9. The first kappa shape index (κ1) is 17.0. The number of aromatic nitrogens is 3. The number of nitrogens with one attached hydrogen (secondary N) is 2. The Morgan fingerprint density at radius 3 is 2.43 bits per heavy atom.